The summed E-state index contributed by atoms with van der Waals surface area (Å²) >= 11 is 0. The third kappa shape index (κ3) is 3.06. The van der Waals surface area contributed by atoms with Gasteiger partial charge in [-0.1, -0.05) is 19.9 Å². The summed E-state index contributed by atoms with van der Waals surface area (Å²) in [6, 6.07) is 11.2. The molecular weight excluding hydrogens is 426 g/mol. The fraction of sp³-hybridized carbons (Fsp3) is 0.407. The molecule has 34 heavy (non-hydrogen) atoms. The first-order valence-electron chi connectivity index (χ1n) is 12.1. The SMILES string of the molecule is CC1(C)c2cc(N3CCN(N4CCCC4)CC3)c(O)cc2C(=O)c2c1[nH]c1cc(C#N)ccc21. The number of rotatable bonds is 2. The normalized spacial score (nSPS) is 20.4. The van der Waals surface area contributed by atoms with Crippen LogP contribution in [0, 0.1) is 11.3 Å². The molecule has 2 aliphatic heterocycles. The topological polar surface area (TPSA) is 86.6 Å². The van der Waals surface area contributed by atoms with Crippen LogP contribution >= 0.6 is 0 Å². The van der Waals surface area contributed by atoms with E-state index in [1.54, 1.807) is 18.2 Å². The second-order valence-corrected chi connectivity index (χ2v) is 10.2. The molecule has 7 nitrogen and oxygen atoms in total. The van der Waals surface area contributed by atoms with Crippen LogP contribution in [0.4, 0.5) is 5.69 Å². The van der Waals surface area contributed by atoms with Gasteiger partial charge in [0.05, 0.1) is 22.9 Å². The highest BCUT2D eigenvalue weighted by Gasteiger charge is 2.41. The number of aromatic hydroxyl groups is 1. The molecule has 0 radical (unpaired) electrons. The van der Waals surface area contributed by atoms with Crippen molar-refractivity contribution >= 4 is 22.4 Å². The van der Waals surface area contributed by atoms with E-state index < -0.39 is 5.41 Å². The standard InChI is InChI=1S/C27H29N5O2/c1-27(2)20-15-22(30-9-11-32(12-10-30)31-7-3-4-8-31)23(33)14-19(20)25(34)24-18-6-5-17(16-28)13-21(18)29-26(24)27/h5-6,13-15,29,33H,3-4,7-12H2,1-2H3. The molecule has 2 N–H and O–H groups in total. The molecule has 2 saturated heterocycles. The second-order valence-electron chi connectivity index (χ2n) is 10.2. The Kier molecular flexibility index (Phi) is 4.73. The van der Waals surface area contributed by atoms with Crippen molar-refractivity contribution in [2.45, 2.75) is 32.1 Å². The molecule has 1 aliphatic carbocycles. The van der Waals surface area contributed by atoms with Gasteiger partial charge < -0.3 is 15.0 Å². The zero-order valence-electron chi connectivity index (χ0n) is 19.7. The lowest BCUT2D eigenvalue weighted by molar-refractivity contribution is -0.00763. The maximum atomic E-state index is 13.6. The summed E-state index contributed by atoms with van der Waals surface area (Å²) in [7, 11) is 0. The summed E-state index contributed by atoms with van der Waals surface area (Å²) in [5.74, 6) is 0.0774. The Labute approximate surface area is 199 Å². The van der Waals surface area contributed by atoms with Gasteiger partial charge >= 0.3 is 0 Å². The van der Waals surface area contributed by atoms with E-state index in [1.807, 2.05) is 12.1 Å². The molecule has 3 aromatic rings. The molecule has 7 heteroatoms. The second kappa shape index (κ2) is 7.59. The Morgan fingerprint density at radius 1 is 1.00 bits per heavy atom. The smallest absolute Gasteiger partial charge is 0.195 e. The monoisotopic (exact) mass is 455 g/mol. The molecule has 0 bridgehead atoms. The number of hydrazine groups is 1. The van der Waals surface area contributed by atoms with Crippen molar-refractivity contribution in [3.05, 3.63) is 58.3 Å². The zero-order valence-corrected chi connectivity index (χ0v) is 19.7. The Balaban J connectivity index is 1.38. The number of nitrogens with one attached hydrogen (secondary N) is 1. The number of carbonyl (C=O) groups is 1. The van der Waals surface area contributed by atoms with Crippen LogP contribution in [0.25, 0.3) is 10.9 Å². The number of carbonyl (C=O) groups excluding carboxylic acids is 1. The summed E-state index contributed by atoms with van der Waals surface area (Å²) in [4.78, 5) is 19.3. The number of piperazine rings is 1. The van der Waals surface area contributed by atoms with Gasteiger partial charge in [-0.15, -0.1) is 0 Å². The minimum atomic E-state index is -0.454. The lowest BCUT2D eigenvalue weighted by Gasteiger charge is -2.41. The lowest BCUT2D eigenvalue weighted by Crippen LogP contribution is -2.53. The fourth-order valence-electron chi connectivity index (χ4n) is 5.98. The van der Waals surface area contributed by atoms with Crippen molar-refractivity contribution in [1.82, 2.24) is 15.0 Å². The molecule has 6 rings (SSSR count). The van der Waals surface area contributed by atoms with Gasteiger partial charge in [0.15, 0.2) is 5.78 Å². The van der Waals surface area contributed by atoms with Crippen LogP contribution in [0.2, 0.25) is 0 Å². The van der Waals surface area contributed by atoms with Crippen molar-refractivity contribution in [1.29, 1.82) is 5.26 Å². The summed E-state index contributed by atoms with van der Waals surface area (Å²) in [6.45, 7) is 10.1. The van der Waals surface area contributed by atoms with Gasteiger partial charge in [0, 0.05) is 66.8 Å². The number of H-pyrrole nitrogens is 1. The molecule has 3 heterocycles. The maximum Gasteiger partial charge on any atom is 0.195 e. The maximum absolute atomic E-state index is 13.6. The van der Waals surface area contributed by atoms with Crippen molar-refractivity contribution in [2.24, 2.45) is 0 Å². The first-order valence-corrected chi connectivity index (χ1v) is 12.1. The van der Waals surface area contributed by atoms with Gasteiger partial charge in [-0.25, -0.2) is 10.0 Å². The Bertz CT molecular complexity index is 1350. The third-order valence-electron chi connectivity index (χ3n) is 7.89. The fourth-order valence-corrected chi connectivity index (χ4v) is 5.98. The number of nitriles is 1. The van der Waals surface area contributed by atoms with Crippen LogP contribution in [-0.4, -0.2) is 65.2 Å². The van der Waals surface area contributed by atoms with E-state index in [1.165, 1.54) is 12.8 Å². The number of benzene rings is 2. The number of aromatic amines is 1. The molecule has 2 fully saturated rings. The van der Waals surface area contributed by atoms with E-state index in [9.17, 15) is 15.2 Å². The van der Waals surface area contributed by atoms with Crippen LogP contribution < -0.4 is 4.90 Å². The first-order chi connectivity index (χ1) is 16.4. The summed E-state index contributed by atoms with van der Waals surface area (Å²) in [5, 5.41) is 26.0. The highest BCUT2D eigenvalue weighted by Crippen LogP contribution is 2.47. The average molecular weight is 456 g/mol. The van der Waals surface area contributed by atoms with Crippen LogP contribution in [0.3, 0.4) is 0 Å². The van der Waals surface area contributed by atoms with Crippen LogP contribution in [0.15, 0.2) is 30.3 Å². The van der Waals surface area contributed by atoms with E-state index in [0.717, 1.165) is 67.1 Å². The van der Waals surface area contributed by atoms with E-state index in [0.29, 0.717) is 16.7 Å². The lowest BCUT2D eigenvalue weighted by atomic mass is 9.71. The highest BCUT2D eigenvalue weighted by molar-refractivity contribution is 6.20. The van der Waals surface area contributed by atoms with Crippen molar-refractivity contribution in [2.75, 3.05) is 44.2 Å². The van der Waals surface area contributed by atoms with Crippen molar-refractivity contribution < 1.29 is 9.90 Å². The van der Waals surface area contributed by atoms with Crippen molar-refractivity contribution in [3.63, 3.8) is 0 Å². The molecule has 0 saturated carbocycles. The molecular formula is C27H29N5O2. The largest absolute Gasteiger partial charge is 0.506 e. The first kappa shape index (κ1) is 21.2. The van der Waals surface area contributed by atoms with Crippen molar-refractivity contribution in [3.8, 4) is 11.8 Å². The molecule has 0 atom stereocenters. The van der Waals surface area contributed by atoms with Crippen LogP contribution in [0.1, 0.15) is 59.4 Å². The predicted molar refractivity (Wildman–Crippen MR) is 131 cm³/mol. The summed E-state index contributed by atoms with van der Waals surface area (Å²) in [5.41, 5.74) is 4.68. The molecule has 2 aromatic carbocycles. The van der Waals surface area contributed by atoms with E-state index in [2.05, 4.69) is 39.8 Å². The Morgan fingerprint density at radius 2 is 1.71 bits per heavy atom. The molecule has 0 spiro atoms. The number of hydrogen-bond donors (Lipinski definition) is 2. The van der Waals surface area contributed by atoms with Crippen LogP contribution in [0.5, 0.6) is 5.75 Å². The Hall–Kier alpha value is -3.34. The van der Waals surface area contributed by atoms with E-state index >= 15 is 0 Å². The quantitative estimate of drug-likeness (QED) is 0.612. The minimum Gasteiger partial charge on any atom is -0.506 e. The third-order valence-corrected chi connectivity index (χ3v) is 7.89. The molecule has 0 unspecified atom stereocenters. The minimum absolute atomic E-state index is 0.0824. The number of phenols is 1. The number of fused-ring (bicyclic) bond motifs is 4. The highest BCUT2D eigenvalue weighted by atomic mass is 16.3. The number of ketones is 1. The molecule has 0 amide bonds. The Morgan fingerprint density at radius 3 is 2.41 bits per heavy atom. The van der Waals surface area contributed by atoms with Gasteiger partial charge in [0.2, 0.25) is 0 Å². The molecule has 3 aliphatic rings. The molecule has 1 aromatic heterocycles. The summed E-state index contributed by atoms with van der Waals surface area (Å²) < 4.78 is 0. The number of hydrogen-bond acceptors (Lipinski definition) is 6. The van der Waals surface area contributed by atoms with Gasteiger partial charge in [-0.05, 0) is 42.7 Å². The number of aromatic nitrogens is 1. The zero-order chi connectivity index (χ0) is 23.6. The van der Waals surface area contributed by atoms with E-state index in [-0.39, 0.29) is 11.5 Å². The number of phenolic OH excluding ortho intramolecular Hbond substituents is 1. The average Bonchev–Trinajstić information content (AvgIpc) is 3.51. The molecule has 174 valence electrons. The van der Waals surface area contributed by atoms with Gasteiger partial charge in [-0.3, -0.25) is 4.79 Å². The van der Waals surface area contributed by atoms with Crippen LogP contribution in [-0.2, 0) is 5.41 Å². The van der Waals surface area contributed by atoms with Gasteiger partial charge in [0.25, 0.3) is 0 Å². The van der Waals surface area contributed by atoms with Gasteiger partial charge in [0.1, 0.15) is 5.75 Å². The summed E-state index contributed by atoms with van der Waals surface area (Å²) in [6.07, 6.45) is 2.53. The van der Waals surface area contributed by atoms with E-state index in [4.69, 9.17) is 0 Å². The predicted octanol–water partition coefficient (Wildman–Crippen LogP) is 3.75. The number of nitrogens with zero attached hydrogens (tertiary/aromatic N) is 4. The number of anilines is 1. The van der Waals surface area contributed by atoms with Gasteiger partial charge in [-0.2, -0.15) is 5.26 Å².